The topological polar surface area (TPSA) is 105 Å². The van der Waals surface area contributed by atoms with E-state index in [1.807, 2.05) is 17.0 Å². The first-order valence-electron chi connectivity index (χ1n) is 11.6. The third-order valence-electron chi connectivity index (χ3n) is 7.85. The molecule has 0 spiro atoms. The summed E-state index contributed by atoms with van der Waals surface area (Å²) < 4.78 is 0. The van der Waals surface area contributed by atoms with E-state index in [0.717, 1.165) is 12.0 Å². The molecule has 1 N–H and O–H groups in total. The van der Waals surface area contributed by atoms with Gasteiger partial charge < -0.3 is 19.8 Å². The normalized spacial score (nSPS) is 27.5. The summed E-state index contributed by atoms with van der Waals surface area (Å²) >= 11 is 0. The summed E-state index contributed by atoms with van der Waals surface area (Å²) in [5, 5.41) is 18.6. The molecule has 0 saturated carbocycles. The van der Waals surface area contributed by atoms with Gasteiger partial charge in [-0.1, -0.05) is 32.9 Å². The van der Waals surface area contributed by atoms with Crippen LogP contribution in [-0.2, 0) is 16.1 Å². The molecule has 8 heteroatoms. The number of nitrogens with zero attached hydrogens (tertiary/aromatic N) is 4. The number of carbonyl (C=O) groups is 3. The molecule has 3 heterocycles. The van der Waals surface area contributed by atoms with Crippen LogP contribution in [-0.4, -0.2) is 69.9 Å². The number of carbonyl (C=O) groups excluding carboxylic acids is 2. The quantitative estimate of drug-likeness (QED) is 0.759. The second-order valence-corrected chi connectivity index (χ2v) is 10.9. The summed E-state index contributed by atoms with van der Waals surface area (Å²) in [5.74, 6) is 0.0324. The molecule has 1 aromatic carbocycles. The Morgan fingerprint density at radius 2 is 1.79 bits per heavy atom. The highest BCUT2D eigenvalue weighted by molar-refractivity contribution is 5.91. The molecule has 3 fully saturated rings. The van der Waals surface area contributed by atoms with Gasteiger partial charge in [0.15, 0.2) is 0 Å². The molecule has 2 bridgehead atoms. The van der Waals surface area contributed by atoms with E-state index in [2.05, 4.69) is 26.8 Å². The lowest BCUT2D eigenvalue weighted by molar-refractivity contribution is -0.152. The average Bonchev–Trinajstić information content (AvgIpc) is 3.12. The summed E-state index contributed by atoms with van der Waals surface area (Å²) in [5.41, 5.74) is 0.956. The molecule has 176 valence electrons. The smallest absolute Gasteiger partial charge is 0.407 e. The minimum atomic E-state index is -0.900. The van der Waals surface area contributed by atoms with Gasteiger partial charge in [0, 0.05) is 44.6 Å². The van der Waals surface area contributed by atoms with Crippen molar-refractivity contribution < 1.29 is 19.5 Å². The van der Waals surface area contributed by atoms with Crippen molar-refractivity contribution >= 4 is 17.9 Å². The Bertz CT molecular complexity index is 993. The van der Waals surface area contributed by atoms with E-state index in [9.17, 15) is 19.5 Å². The van der Waals surface area contributed by atoms with Gasteiger partial charge in [-0.25, -0.2) is 4.79 Å². The zero-order chi connectivity index (χ0) is 24.0. The number of fused-ring (bicyclic) bond motifs is 2. The van der Waals surface area contributed by atoms with E-state index < -0.39 is 12.1 Å². The number of carboxylic acid groups (broad SMARTS) is 1. The van der Waals surface area contributed by atoms with Crippen molar-refractivity contribution in [2.45, 2.75) is 52.6 Å². The molecule has 4 rings (SSSR count). The monoisotopic (exact) mass is 452 g/mol. The molecule has 33 heavy (non-hydrogen) atoms. The Morgan fingerprint density at radius 3 is 2.39 bits per heavy atom. The fourth-order valence-corrected chi connectivity index (χ4v) is 5.78. The largest absolute Gasteiger partial charge is 0.465 e. The van der Waals surface area contributed by atoms with Crippen molar-refractivity contribution in [3.8, 4) is 6.07 Å². The maximum Gasteiger partial charge on any atom is 0.407 e. The molecule has 3 aliphatic heterocycles. The van der Waals surface area contributed by atoms with Crippen molar-refractivity contribution in [2.75, 3.05) is 26.2 Å². The van der Waals surface area contributed by atoms with Gasteiger partial charge in [0.05, 0.1) is 11.6 Å². The lowest BCUT2D eigenvalue weighted by atomic mass is 9.58. The van der Waals surface area contributed by atoms with Crippen LogP contribution in [0, 0.1) is 28.1 Å². The van der Waals surface area contributed by atoms with E-state index in [-0.39, 0.29) is 28.6 Å². The third-order valence-corrected chi connectivity index (χ3v) is 7.85. The van der Waals surface area contributed by atoms with Crippen molar-refractivity contribution in [1.82, 2.24) is 14.7 Å². The first-order chi connectivity index (χ1) is 15.5. The molecule has 3 amide bonds. The van der Waals surface area contributed by atoms with Gasteiger partial charge in [-0.15, -0.1) is 0 Å². The second-order valence-electron chi connectivity index (χ2n) is 10.9. The Kier molecular flexibility index (Phi) is 5.85. The molecule has 3 atom stereocenters. The highest BCUT2D eigenvalue weighted by Gasteiger charge is 2.54. The summed E-state index contributed by atoms with van der Waals surface area (Å²) in [7, 11) is 0. The first-order valence-corrected chi connectivity index (χ1v) is 11.6. The van der Waals surface area contributed by atoms with Gasteiger partial charge in [0.1, 0.15) is 6.04 Å². The Hall–Kier alpha value is -3.08. The van der Waals surface area contributed by atoms with Crippen molar-refractivity contribution in [2.24, 2.45) is 16.7 Å². The maximum atomic E-state index is 13.7. The average molecular weight is 453 g/mol. The highest BCUT2D eigenvalue weighted by Crippen LogP contribution is 2.50. The molecular weight excluding hydrogens is 420 g/mol. The summed E-state index contributed by atoms with van der Waals surface area (Å²) in [6.45, 7) is 8.61. The first kappa shape index (κ1) is 23.1. The van der Waals surface area contributed by atoms with Crippen LogP contribution in [0.15, 0.2) is 24.3 Å². The van der Waals surface area contributed by atoms with E-state index in [4.69, 9.17) is 5.26 Å². The van der Waals surface area contributed by atoms with E-state index in [1.54, 1.807) is 17.0 Å². The minimum absolute atomic E-state index is 0.0301. The predicted octanol–water partition coefficient (Wildman–Crippen LogP) is 2.92. The Balaban J connectivity index is 1.54. The number of nitriles is 1. The van der Waals surface area contributed by atoms with E-state index in [0.29, 0.717) is 51.1 Å². The standard InChI is InChI=1S/C25H32N4O4/c1-24(2,3)25-10-19(13-28(16-25)23(32)33)12-27(15-25)22(31)20-8-9-21(30)29(20)14-18-6-4-17(11-26)5-7-18/h4-7,19-20H,8-10,12-16H2,1-3H3,(H,32,33)/t19?,20-,25?/m0/s1. The van der Waals surface area contributed by atoms with E-state index >= 15 is 0 Å². The summed E-state index contributed by atoms with van der Waals surface area (Å²) in [4.78, 5) is 43.2. The lowest BCUT2D eigenvalue weighted by Gasteiger charge is -2.58. The van der Waals surface area contributed by atoms with Gasteiger partial charge in [-0.3, -0.25) is 9.59 Å². The Labute approximate surface area is 194 Å². The van der Waals surface area contributed by atoms with Gasteiger partial charge >= 0.3 is 6.09 Å². The number of hydrogen-bond acceptors (Lipinski definition) is 4. The number of benzene rings is 1. The SMILES string of the molecule is CC(C)(C)C12CC(CN(C(=O)O)C1)CN(C(=O)[C@@H]1CCC(=O)N1Cc1ccc(C#N)cc1)C2. The van der Waals surface area contributed by atoms with Crippen LogP contribution in [0.2, 0.25) is 0 Å². The molecular formula is C25H32N4O4. The van der Waals surface area contributed by atoms with Gasteiger partial charge in [0.25, 0.3) is 0 Å². The zero-order valence-electron chi connectivity index (χ0n) is 19.6. The van der Waals surface area contributed by atoms with Crippen LogP contribution in [0.25, 0.3) is 0 Å². The van der Waals surface area contributed by atoms with Crippen LogP contribution < -0.4 is 0 Å². The molecule has 3 aliphatic rings. The van der Waals surface area contributed by atoms with Gasteiger partial charge in [0.2, 0.25) is 11.8 Å². The zero-order valence-corrected chi connectivity index (χ0v) is 19.6. The number of piperidine rings is 2. The predicted molar refractivity (Wildman–Crippen MR) is 121 cm³/mol. The van der Waals surface area contributed by atoms with Gasteiger partial charge in [-0.2, -0.15) is 5.26 Å². The van der Waals surface area contributed by atoms with Crippen LogP contribution in [0.1, 0.15) is 51.2 Å². The van der Waals surface area contributed by atoms with Crippen molar-refractivity contribution in [3.63, 3.8) is 0 Å². The number of amides is 3. The molecule has 8 nitrogen and oxygen atoms in total. The molecule has 0 aliphatic carbocycles. The van der Waals surface area contributed by atoms with Crippen LogP contribution in [0.5, 0.6) is 0 Å². The molecule has 0 radical (unpaired) electrons. The van der Waals surface area contributed by atoms with Crippen molar-refractivity contribution in [1.29, 1.82) is 5.26 Å². The van der Waals surface area contributed by atoms with Crippen LogP contribution in [0.3, 0.4) is 0 Å². The second kappa shape index (κ2) is 8.36. The fraction of sp³-hybridized carbons (Fsp3) is 0.600. The van der Waals surface area contributed by atoms with Crippen molar-refractivity contribution in [3.05, 3.63) is 35.4 Å². The van der Waals surface area contributed by atoms with E-state index in [1.165, 1.54) is 4.90 Å². The molecule has 1 aromatic rings. The third kappa shape index (κ3) is 4.29. The lowest BCUT2D eigenvalue weighted by Crippen LogP contribution is -2.65. The maximum absolute atomic E-state index is 13.7. The highest BCUT2D eigenvalue weighted by atomic mass is 16.4. The molecule has 3 saturated heterocycles. The summed E-state index contributed by atoms with van der Waals surface area (Å²) in [6.07, 6.45) is 0.853. The number of hydrogen-bond donors (Lipinski definition) is 1. The van der Waals surface area contributed by atoms with Crippen LogP contribution >= 0.6 is 0 Å². The van der Waals surface area contributed by atoms with Crippen LogP contribution in [0.4, 0.5) is 4.79 Å². The Morgan fingerprint density at radius 1 is 1.15 bits per heavy atom. The number of likely N-dealkylation sites (tertiary alicyclic amines) is 3. The minimum Gasteiger partial charge on any atom is -0.465 e. The fourth-order valence-electron chi connectivity index (χ4n) is 5.78. The number of rotatable bonds is 3. The summed E-state index contributed by atoms with van der Waals surface area (Å²) in [6, 6.07) is 8.68. The molecule has 0 aromatic heterocycles. The van der Waals surface area contributed by atoms with Gasteiger partial charge in [-0.05, 0) is 41.9 Å². The molecule has 2 unspecified atom stereocenters.